The Balaban J connectivity index is 1.93. The lowest BCUT2D eigenvalue weighted by Gasteiger charge is -2.25. The minimum atomic E-state index is -0.111. The summed E-state index contributed by atoms with van der Waals surface area (Å²) in [5.41, 5.74) is 1.16. The molecule has 1 aromatic heterocycles. The Kier molecular flexibility index (Phi) is 5.20. The van der Waals surface area contributed by atoms with Crippen molar-refractivity contribution in [3.05, 3.63) is 42.1 Å². The average molecular weight is 344 g/mol. The number of nitrogens with zero attached hydrogens (tertiary/aromatic N) is 3. The zero-order valence-electron chi connectivity index (χ0n) is 13.6. The quantitative estimate of drug-likeness (QED) is 0.925. The molecule has 1 N–H and O–H groups in total. The molecule has 2 aromatic rings. The molecular weight excluding hydrogens is 324 g/mol. The summed E-state index contributed by atoms with van der Waals surface area (Å²) in [6.45, 7) is 3.26. The predicted molar refractivity (Wildman–Crippen MR) is 95.7 cm³/mol. The van der Waals surface area contributed by atoms with Gasteiger partial charge in [0.2, 0.25) is 5.91 Å². The van der Waals surface area contributed by atoms with E-state index in [4.69, 9.17) is 0 Å². The molecular formula is C17H20N4O2S. The van der Waals surface area contributed by atoms with Crippen LogP contribution in [0.25, 0.3) is 5.69 Å². The maximum absolute atomic E-state index is 12.7. The molecule has 0 bridgehead atoms. The van der Waals surface area contributed by atoms with Crippen LogP contribution in [0.2, 0.25) is 0 Å². The minimum Gasteiger partial charge on any atom is -0.336 e. The number of aromatic nitrogens is 2. The third-order valence-electron chi connectivity index (χ3n) is 3.82. The number of nitrogens with one attached hydrogen (secondary N) is 1. The van der Waals surface area contributed by atoms with Crippen LogP contribution in [0.4, 0.5) is 5.82 Å². The predicted octanol–water partition coefficient (Wildman–Crippen LogP) is 2.41. The SMILES string of the molecule is CCC(=O)Nc1cc(C(=O)N2CCSCC2)nn1-c1ccccc1. The van der Waals surface area contributed by atoms with Crippen LogP contribution < -0.4 is 5.32 Å². The van der Waals surface area contributed by atoms with Crippen LogP contribution in [0.1, 0.15) is 23.8 Å². The molecule has 0 unspecified atom stereocenters. The van der Waals surface area contributed by atoms with Crippen molar-refractivity contribution in [3.63, 3.8) is 0 Å². The zero-order chi connectivity index (χ0) is 16.9. The highest BCUT2D eigenvalue weighted by Crippen LogP contribution is 2.20. The van der Waals surface area contributed by atoms with Gasteiger partial charge >= 0.3 is 0 Å². The van der Waals surface area contributed by atoms with Crippen molar-refractivity contribution >= 4 is 29.4 Å². The van der Waals surface area contributed by atoms with E-state index in [1.165, 1.54) is 0 Å². The zero-order valence-corrected chi connectivity index (χ0v) is 14.4. The maximum Gasteiger partial charge on any atom is 0.274 e. The first-order valence-electron chi connectivity index (χ1n) is 8.01. The molecule has 2 amide bonds. The van der Waals surface area contributed by atoms with Crippen molar-refractivity contribution in [2.75, 3.05) is 29.9 Å². The van der Waals surface area contributed by atoms with E-state index in [0.29, 0.717) is 17.9 Å². The van der Waals surface area contributed by atoms with Crippen molar-refractivity contribution in [2.45, 2.75) is 13.3 Å². The van der Waals surface area contributed by atoms with Gasteiger partial charge in [-0.2, -0.15) is 16.9 Å². The summed E-state index contributed by atoms with van der Waals surface area (Å²) >= 11 is 1.85. The topological polar surface area (TPSA) is 67.2 Å². The summed E-state index contributed by atoms with van der Waals surface area (Å²) in [5, 5.41) is 7.27. The van der Waals surface area contributed by atoms with Gasteiger partial charge in [0.15, 0.2) is 5.69 Å². The van der Waals surface area contributed by atoms with Crippen molar-refractivity contribution in [1.29, 1.82) is 0 Å². The van der Waals surface area contributed by atoms with Gasteiger partial charge in [0.25, 0.3) is 5.91 Å². The van der Waals surface area contributed by atoms with Crippen LogP contribution in [-0.4, -0.2) is 51.1 Å². The van der Waals surface area contributed by atoms with Crippen LogP contribution in [0, 0.1) is 0 Å². The Morgan fingerprint density at radius 3 is 2.58 bits per heavy atom. The van der Waals surface area contributed by atoms with E-state index < -0.39 is 0 Å². The molecule has 1 aromatic carbocycles. The second-order valence-corrected chi connectivity index (χ2v) is 6.69. The normalized spacial score (nSPS) is 14.5. The highest BCUT2D eigenvalue weighted by molar-refractivity contribution is 7.99. The Bertz CT molecular complexity index is 723. The smallest absolute Gasteiger partial charge is 0.274 e. The molecule has 24 heavy (non-hydrogen) atoms. The highest BCUT2D eigenvalue weighted by atomic mass is 32.2. The second kappa shape index (κ2) is 7.53. The van der Waals surface area contributed by atoms with Gasteiger partial charge in [0.1, 0.15) is 5.82 Å². The Labute approximate surface area is 145 Å². The fourth-order valence-corrected chi connectivity index (χ4v) is 3.40. The molecule has 0 radical (unpaired) electrons. The number of thioether (sulfide) groups is 1. The third-order valence-corrected chi connectivity index (χ3v) is 4.76. The standard InChI is InChI=1S/C17H20N4O2S/c1-2-16(22)18-15-12-14(17(23)20-8-10-24-11-9-20)19-21(15)13-6-4-3-5-7-13/h3-7,12H,2,8-11H2,1H3,(H,18,22). The molecule has 7 heteroatoms. The fraction of sp³-hybridized carbons (Fsp3) is 0.353. The van der Waals surface area contributed by atoms with E-state index >= 15 is 0 Å². The van der Waals surface area contributed by atoms with Crippen molar-refractivity contribution < 1.29 is 9.59 Å². The van der Waals surface area contributed by atoms with Crippen molar-refractivity contribution in [1.82, 2.24) is 14.7 Å². The molecule has 126 valence electrons. The monoisotopic (exact) mass is 344 g/mol. The number of carbonyl (C=O) groups excluding carboxylic acids is 2. The molecule has 0 saturated carbocycles. The first-order chi connectivity index (χ1) is 11.7. The van der Waals surface area contributed by atoms with E-state index in [-0.39, 0.29) is 11.8 Å². The van der Waals surface area contributed by atoms with Crippen molar-refractivity contribution in [3.8, 4) is 5.69 Å². The van der Waals surface area contributed by atoms with E-state index in [9.17, 15) is 9.59 Å². The van der Waals surface area contributed by atoms with E-state index in [0.717, 1.165) is 30.3 Å². The Morgan fingerprint density at radius 1 is 1.21 bits per heavy atom. The lowest BCUT2D eigenvalue weighted by atomic mass is 10.3. The first-order valence-corrected chi connectivity index (χ1v) is 9.17. The number of benzene rings is 1. The lowest BCUT2D eigenvalue weighted by molar-refractivity contribution is -0.115. The molecule has 0 spiro atoms. The van der Waals surface area contributed by atoms with Gasteiger partial charge in [0.05, 0.1) is 5.69 Å². The molecule has 1 aliphatic rings. The van der Waals surface area contributed by atoms with E-state index in [2.05, 4.69) is 10.4 Å². The lowest BCUT2D eigenvalue weighted by Crippen LogP contribution is -2.38. The highest BCUT2D eigenvalue weighted by Gasteiger charge is 2.23. The average Bonchev–Trinajstić information content (AvgIpc) is 3.06. The summed E-state index contributed by atoms with van der Waals surface area (Å²) < 4.78 is 1.61. The van der Waals surface area contributed by atoms with E-state index in [1.54, 1.807) is 17.7 Å². The first kappa shape index (κ1) is 16.6. The molecule has 0 aliphatic carbocycles. The van der Waals surface area contributed by atoms with Gasteiger partial charge in [-0.05, 0) is 12.1 Å². The molecule has 0 atom stereocenters. The second-order valence-electron chi connectivity index (χ2n) is 5.47. The summed E-state index contributed by atoms with van der Waals surface area (Å²) in [6.07, 6.45) is 0.368. The Hall–Kier alpha value is -2.28. The van der Waals surface area contributed by atoms with Gasteiger partial charge in [0, 0.05) is 37.1 Å². The minimum absolute atomic E-state index is 0.0861. The number of amides is 2. The van der Waals surface area contributed by atoms with Gasteiger partial charge in [-0.3, -0.25) is 9.59 Å². The number of para-hydroxylation sites is 1. The number of hydrogen-bond acceptors (Lipinski definition) is 4. The molecule has 6 nitrogen and oxygen atoms in total. The van der Waals surface area contributed by atoms with Crippen molar-refractivity contribution in [2.24, 2.45) is 0 Å². The summed E-state index contributed by atoms with van der Waals surface area (Å²) in [7, 11) is 0. The summed E-state index contributed by atoms with van der Waals surface area (Å²) in [6, 6.07) is 11.1. The Morgan fingerprint density at radius 2 is 1.92 bits per heavy atom. The van der Waals surface area contributed by atoms with Crippen LogP contribution in [0.5, 0.6) is 0 Å². The van der Waals surface area contributed by atoms with E-state index in [1.807, 2.05) is 47.0 Å². The number of carbonyl (C=O) groups is 2. The van der Waals surface area contributed by atoms with Crippen LogP contribution in [0.15, 0.2) is 36.4 Å². The maximum atomic E-state index is 12.7. The molecule has 1 aliphatic heterocycles. The van der Waals surface area contributed by atoms with Gasteiger partial charge < -0.3 is 10.2 Å². The third kappa shape index (κ3) is 3.62. The van der Waals surface area contributed by atoms with Crippen LogP contribution >= 0.6 is 11.8 Å². The largest absolute Gasteiger partial charge is 0.336 e. The summed E-state index contributed by atoms with van der Waals surface area (Å²) in [4.78, 5) is 26.3. The summed E-state index contributed by atoms with van der Waals surface area (Å²) in [5.74, 6) is 2.22. The van der Waals surface area contributed by atoms with Gasteiger partial charge in [-0.1, -0.05) is 25.1 Å². The molecule has 1 fully saturated rings. The van der Waals surface area contributed by atoms with Crippen LogP contribution in [0.3, 0.4) is 0 Å². The molecule has 2 heterocycles. The number of anilines is 1. The molecule has 1 saturated heterocycles. The fourth-order valence-electron chi connectivity index (χ4n) is 2.50. The van der Waals surface area contributed by atoms with Gasteiger partial charge in [-0.15, -0.1) is 0 Å². The van der Waals surface area contributed by atoms with Gasteiger partial charge in [-0.25, -0.2) is 4.68 Å². The molecule has 3 rings (SSSR count). The number of hydrogen-bond donors (Lipinski definition) is 1. The van der Waals surface area contributed by atoms with Crippen LogP contribution in [-0.2, 0) is 4.79 Å². The number of rotatable bonds is 4.